The summed E-state index contributed by atoms with van der Waals surface area (Å²) in [6.07, 6.45) is 6.38. The van der Waals surface area contributed by atoms with Crippen LogP contribution in [0, 0.1) is 0 Å². The zero-order chi connectivity index (χ0) is 11.9. The van der Waals surface area contributed by atoms with Crippen LogP contribution in [0.1, 0.15) is 18.9 Å². The third-order valence-electron chi connectivity index (χ3n) is 2.60. The number of rotatable bonds is 5. The molecule has 1 aromatic heterocycles. The average molecular weight is 227 g/mol. The van der Waals surface area contributed by atoms with Crippen molar-refractivity contribution in [2.45, 2.75) is 19.9 Å². The van der Waals surface area contributed by atoms with Crippen LogP contribution < -0.4 is 5.32 Å². The first-order chi connectivity index (χ1) is 8.40. The van der Waals surface area contributed by atoms with E-state index < -0.39 is 0 Å². The van der Waals surface area contributed by atoms with Gasteiger partial charge in [-0.05, 0) is 24.1 Å². The predicted octanol–water partition coefficient (Wildman–Crippen LogP) is 2.64. The molecule has 3 nitrogen and oxygen atoms in total. The van der Waals surface area contributed by atoms with Crippen LogP contribution in [-0.4, -0.2) is 16.5 Å². The molecule has 1 aromatic carbocycles. The number of nitrogens with zero attached hydrogens (tertiary/aromatic N) is 2. The van der Waals surface area contributed by atoms with Crippen molar-refractivity contribution in [2.24, 2.45) is 0 Å². The molecule has 0 aliphatic rings. The fourth-order valence-corrected chi connectivity index (χ4v) is 1.67. The van der Waals surface area contributed by atoms with Crippen molar-refractivity contribution in [1.82, 2.24) is 15.3 Å². The number of benzene rings is 1. The van der Waals surface area contributed by atoms with E-state index in [9.17, 15) is 0 Å². The van der Waals surface area contributed by atoms with E-state index in [1.54, 1.807) is 6.33 Å². The molecule has 0 saturated carbocycles. The molecule has 0 saturated heterocycles. The molecule has 0 fully saturated rings. The van der Waals surface area contributed by atoms with Crippen molar-refractivity contribution < 1.29 is 0 Å². The average Bonchev–Trinajstić information content (AvgIpc) is 2.41. The third-order valence-corrected chi connectivity index (χ3v) is 2.60. The second kappa shape index (κ2) is 6.11. The Hall–Kier alpha value is -1.74. The molecule has 2 aromatic rings. The number of hydrogen-bond acceptors (Lipinski definition) is 3. The second-order valence-corrected chi connectivity index (χ2v) is 4.00. The first kappa shape index (κ1) is 11.7. The lowest BCUT2D eigenvalue weighted by molar-refractivity contribution is 0.675. The molecule has 0 bridgehead atoms. The summed E-state index contributed by atoms with van der Waals surface area (Å²) in [6.45, 7) is 4.17. The molecule has 0 aliphatic carbocycles. The number of aromatic nitrogens is 2. The van der Waals surface area contributed by atoms with Gasteiger partial charge >= 0.3 is 0 Å². The van der Waals surface area contributed by atoms with Gasteiger partial charge in [-0.3, -0.25) is 0 Å². The van der Waals surface area contributed by atoms with Gasteiger partial charge < -0.3 is 5.32 Å². The van der Waals surface area contributed by atoms with Crippen molar-refractivity contribution in [3.05, 3.63) is 48.5 Å². The molecule has 1 N–H and O–H groups in total. The van der Waals surface area contributed by atoms with E-state index in [-0.39, 0.29) is 0 Å². The summed E-state index contributed by atoms with van der Waals surface area (Å²) in [4.78, 5) is 8.04. The summed E-state index contributed by atoms with van der Waals surface area (Å²) in [5, 5.41) is 3.39. The molecule has 0 amide bonds. The van der Waals surface area contributed by atoms with Crippen molar-refractivity contribution in [1.29, 1.82) is 0 Å². The Labute approximate surface area is 102 Å². The highest BCUT2D eigenvalue weighted by Gasteiger charge is 1.98. The molecule has 0 spiro atoms. The van der Waals surface area contributed by atoms with Gasteiger partial charge in [-0.25, -0.2) is 9.97 Å². The SMILES string of the molecule is CCCNCc1ccc(-c2cncnc2)cc1. The van der Waals surface area contributed by atoms with Crippen LogP contribution in [0.4, 0.5) is 0 Å². The molecule has 0 unspecified atom stereocenters. The Bertz CT molecular complexity index is 437. The summed E-state index contributed by atoms with van der Waals surface area (Å²) in [6, 6.07) is 8.51. The van der Waals surface area contributed by atoms with Crippen molar-refractivity contribution in [3.8, 4) is 11.1 Å². The van der Waals surface area contributed by atoms with E-state index in [4.69, 9.17) is 0 Å². The summed E-state index contributed by atoms with van der Waals surface area (Å²) < 4.78 is 0. The minimum atomic E-state index is 0.930. The minimum Gasteiger partial charge on any atom is -0.313 e. The smallest absolute Gasteiger partial charge is 0.115 e. The van der Waals surface area contributed by atoms with Crippen molar-refractivity contribution in [2.75, 3.05) is 6.54 Å². The molecule has 88 valence electrons. The molecule has 0 atom stereocenters. The molecule has 3 heteroatoms. The van der Waals surface area contributed by atoms with Crippen LogP contribution in [0.5, 0.6) is 0 Å². The van der Waals surface area contributed by atoms with Gasteiger partial charge in [0.25, 0.3) is 0 Å². The van der Waals surface area contributed by atoms with Gasteiger partial charge in [-0.2, -0.15) is 0 Å². The van der Waals surface area contributed by atoms with Crippen LogP contribution in [0.2, 0.25) is 0 Å². The van der Waals surface area contributed by atoms with E-state index >= 15 is 0 Å². The molecular weight excluding hydrogens is 210 g/mol. The molecule has 0 aliphatic heterocycles. The topological polar surface area (TPSA) is 37.8 Å². The second-order valence-electron chi connectivity index (χ2n) is 4.00. The molecule has 0 radical (unpaired) electrons. The molecular formula is C14H17N3. The van der Waals surface area contributed by atoms with Gasteiger partial charge in [0.15, 0.2) is 0 Å². The standard InChI is InChI=1S/C14H17N3/c1-2-7-15-8-12-3-5-13(6-4-12)14-9-16-11-17-10-14/h3-6,9-11,15H,2,7-8H2,1H3. The highest BCUT2D eigenvalue weighted by atomic mass is 14.8. The fraction of sp³-hybridized carbons (Fsp3) is 0.286. The summed E-state index contributed by atoms with van der Waals surface area (Å²) in [5.74, 6) is 0. The Morgan fingerprint density at radius 1 is 1.00 bits per heavy atom. The minimum absolute atomic E-state index is 0.930. The van der Waals surface area contributed by atoms with Crippen LogP contribution >= 0.6 is 0 Å². The lowest BCUT2D eigenvalue weighted by Gasteiger charge is -2.05. The maximum Gasteiger partial charge on any atom is 0.115 e. The largest absolute Gasteiger partial charge is 0.313 e. The summed E-state index contributed by atoms with van der Waals surface area (Å²) >= 11 is 0. The number of hydrogen-bond donors (Lipinski definition) is 1. The van der Waals surface area contributed by atoms with Crippen LogP contribution in [-0.2, 0) is 6.54 Å². The Morgan fingerprint density at radius 2 is 1.71 bits per heavy atom. The van der Waals surface area contributed by atoms with Gasteiger partial charge in [0.2, 0.25) is 0 Å². The van der Waals surface area contributed by atoms with Crippen molar-refractivity contribution in [3.63, 3.8) is 0 Å². The summed E-state index contributed by atoms with van der Waals surface area (Å²) in [5.41, 5.74) is 3.52. The molecule has 17 heavy (non-hydrogen) atoms. The zero-order valence-electron chi connectivity index (χ0n) is 10.1. The quantitative estimate of drug-likeness (QED) is 0.798. The van der Waals surface area contributed by atoms with E-state index in [2.05, 4.69) is 46.5 Å². The lowest BCUT2D eigenvalue weighted by Crippen LogP contribution is -2.13. The Balaban J connectivity index is 2.03. The van der Waals surface area contributed by atoms with E-state index in [0.29, 0.717) is 0 Å². The van der Waals surface area contributed by atoms with E-state index in [1.165, 1.54) is 12.0 Å². The van der Waals surface area contributed by atoms with E-state index in [0.717, 1.165) is 24.2 Å². The molecule has 2 rings (SSSR count). The first-order valence-corrected chi connectivity index (χ1v) is 5.95. The first-order valence-electron chi connectivity index (χ1n) is 5.95. The van der Waals surface area contributed by atoms with Gasteiger partial charge in [0.05, 0.1) is 0 Å². The van der Waals surface area contributed by atoms with E-state index in [1.807, 2.05) is 12.4 Å². The maximum atomic E-state index is 4.02. The van der Waals surface area contributed by atoms with Crippen LogP contribution in [0.25, 0.3) is 11.1 Å². The van der Waals surface area contributed by atoms with Gasteiger partial charge in [-0.15, -0.1) is 0 Å². The van der Waals surface area contributed by atoms with Crippen LogP contribution in [0.3, 0.4) is 0 Å². The molecule has 1 heterocycles. The van der Waals surface area contributed by atoms with Crippen molar-refractivity contribution >= 4 is 0 Å². The normalized spacial score (nSPS) is 10.4. The predicted molar refractivity (Wildman–Crippen MR) is 69.5 cm³/mol. The summed E-state index contributed by atoms with van der Waals surface area (Å²) in [7, 11) is 0. The lowest BCUT2D eigenvalue weighted by atomic mass is 10.1. The van der Waals surface area contributed by atoms with Gasteiger partial charge in [0, 0.05) is 24.5 Å². The van der Waals surface area contributed by atoms with Gasteiger partial charge in [0.1, 0.15) is 6.33 Å². The Morgan fingerprint density at radius 3 is 2.35 bits per heavy atom. The van der Waals surface area contributed by atoms with Crippen LogP contribution in [0.15, 0.2) is 43.0 Å². The highest BCUT2D eigenvalue weighted by Crippen LogP contribution is 2.17. The fourth-order valence-electron chi connectivity index (χ4n) is 1.67. The Kier molecular flexibility index (Phi) is 4.22. The monoisotopic (exact) mass is 227 g/mol. The maximum absolute atomic E-state index is 4.02. The number of nitrogens with one attached hydrogen (secondary N) is 1. The highest BCUT2D eigenvalue weighted by molar-refractivity contribution is 5.61. The van der Waals surface area contributed by atoms with Gasteiger partial charge in [-0.1, -0.05) is 31.2 Å². The zero-order valence-corrected chi connectivity index (χ0v) is 10.1. The third kappa shape index (κ3) is 3.36.